The topological polar surface area (TPSA) is 64.5 Å². The molecular formula is C19H13N5S. The van der Waals surface area contributed by atoms with Crippen LogP contribution in [-0.4, -0.2) is 24.9 Å². The normalized spacial score (nSPS) is 10.6. The van der Waals surface area contributed by atoms with E-state index in [1.54, 1.807) is 48.3 Å². The summed E-state index contributed by atoms with van der Waals surface area (Å²) >= 11 is 1.57. The smallest absolute Gasteiger partial charge is 0.178 e. The molecule has 4 aromatic heterocycles. The van der Waals surface area contributed by atoms with Crippen molar-refractivity contribution in [2.75, 3.05) is 0 Å². The molecular weight excluding hydrogens is 330 g/mol. The molecule has 0 fully saturated rings. The summed E-state index contributed by atoms with van der Waals surface area (Å²) in [6.07, 6.45) is 8.71. The lowest BCUT2D eigenvalue weighted by molar-refractivity contribution is 1.14. The monoisotopic (exact) mass is 343 g/mol. The first-order valence-electron chi connectivity index (χ1n) is 7.63. The van der Waals surface area contributed by atoms with E-state index in [4.69, 9.17) is 4.98 Å². The van der Waals surface area contributed by atoms with Gasteiger partial charge in [-0.05, 0) is 36.4 Å². The fourth-order valence-corrected chi connectivity index (χ4v) is 3.41. The Hall–Kier alpha value is -3.25. The van der Waals surface area contributed by atoms with Crippen LogP contribution >= 0.6 is 11.3 Å². The van der Waals surface area contributed by atoms with Gasteiger partial charge in [-0.1, -0.05) is 12.6 Å². The highest BCUT2D eigenvalue weighted by atomic mass is 32.1. The van der Waals surface area contributed by atoms with Crippen LogP contribution in [0, 0.1) is 0 Å². The average molecular weight is 343 g/mol. The predicted molar refractivity (Wildman–Crippen MR) is 99.7 cm³/mol. The Balaban J connectivity index is 1.80. The minimum atomic E-state index is 0.599. The molecule has 0 amide bonds. The molecule has 0 aliphatic heterocycles. The lowest BCUT2D eigenvalue weighted by Crippen LogP contribution is -1.92. The Labute approximate surface area is 148 Å². The van der Waals surface area contributed by atoms with Gasteiger partial charge >= 0.3 is 0 Å². The van der Waals surface area contributed by atoms with E-state index in [-0.39, 0.29) is 0 Å². The molecule has 0 aliphatic rings. The maximum Gasteiger partial charge on any atom is 0.178 e. The summed E-state index contributed by atoms with van der Waals surface area (Å²) in [7, 11) is 0. The van der Waals surface area contributed by atoms with Crippen LogP contribution in [0.25, 0.3) is 38.7 Å². The van der Waals surface area contributed by atoms with E-state index in [0.29, 0.717) is 5.82 Å². The molecule has 0 bridgehead atoms. The number of aromatic nitrogens is 5. The van der Waals surface area contributed by atoms with Crippen LogP contribution in [0.3, 0.4) is 0 Å². The molecule has 0 radical (unpaired) electrons. The molecule has 25 heavy (non-hydrogen) atoms. The van der Waals surface area contributed by atoms with Gasteiger partial charge < -0.3 is 0 Å². The number of rotatable bonds is 4. The number of nitrogens with zero attached hydrogens (tertiary/aromatic N) is 5. The summed E-state index contributed by atoms with van der Waals surface area (Å²) in [5.41, 5.74) is 3.34. The molecule has 0 saturated heterocycles. The van der Waals surface area contributed by atoms with E-state index in [0.717, 1.165) is 32.5 Å². The van der Waals surface area contributed by atoms with Crippen LogP contribution in [0.1, 0.15) is 5.69 Å². The van der Waals surface area contributed by atoms with Crippen molar-refractivity contribution in [3.05, 3.63) is 73.5 Å². The van der Waals surface area contributed by atoms with Gasteiger partial charge in [0.2, 0.25) is 0 Å². The average Bonchev–Trinajstić information content (AvgIpc) is 3.14. The van der Waals surface area contributed by atoms with Crippen molar-refractivity contribution in [1.82, 2.24) is 24.9 Å². The minimum Gasteiger partial charge on any atom is -0.264 e. The van der Waals surface area contributed by atoms with Gasteiger partial charge in [0.15, 0.2) is 5.82 Å². The Bertz CT molecular complexity index is 1010. The molecule has 5 nitrogen and oxygen atoms in total. The zero-order valence-corrected chi connectivity index (χ0v) is 14.0. The summed E-state index contributed by atoms with van der Waals surface area (Å²) in [5.74, 6) is 0.599. The van der Waals surface area contributed by atoms with Crippen LogP contribution < -0.4 is 0 Å². The number of thiazole rings is 1. The lowest BCUT2D eigenvalue weighted by Gasteiger charge is -2.02. The summed E-state index contributed by atoms with van der Waals surface area (Å²) in [6.45, 7) is 3.88. The maximum atomic E-state index is 4.71. The molecule has 0 N–H and O–H groups in total. The van der Waals surface area contributed by atoms with E-state index in [1.165, 1.54) is 0 Å². The van der Waals surface area contributed by atoms with E-state index in [2.05, 4.69) is 26.5 Å². The molecule has 0 spiro atoms. The van der Waals surface area contributed by atoms with Gasteiger partial charge in [-0.2, -0.15) is 0 Å². The zero-order valence-electron chi connectivity index (χ0n) is 13.2. The standard InChI is InChI=1S/C19H13N5S/c1-2-14-17(25-19(24-14)13-6-4-9-20-12-13)15-7-3-8-16(23-15)18-21-10-5-11-22-18/h2-12H,1H2. The van der Waals surface area contributed by atoms with Crippen LogP contribution in [0.4, 0.5) is 0 Å². The molecule has 0 saturated carbocycles. The molecule has 0 unspecified atom stereocenters. The first-order chi connectivity index (χ1) is 12.3. The lowest BCUT2D eigenvalue weighted by atomic mass is 10.2. The third-order valence-electron chi connectivity index (χ3n) is 3.53. The molecule has 4 aromatic rings. The van der Waals surface area contributed by atoms with Crippen LogP contribution in [0.5, 0.6) is 0 Å². The largest absolute Gasteiger partial charge is 0.264 e. The Kier molecular flexibility index (Phi) is 4.10. The van der Waals surface area contributed by atoms with Crippen molar-refractivity contribution < 1.29 is 0 Å². The van der Waals surface area contributed by atoms with Gasteiger partial charge in [-0.25, -0.2) is 19.9 Å². The third kappa shape index (κ3) is 3.07. The third-order valence-corrected chi connectivity index (χ3v) is 4.67. The highest BCUT2D eigenvalue weighted by molar-refractivity contribution is 7.18. The molecule has 0 aromatic carbocycles. The van der Waals surface area contributed by atoms with E-state index in [1.807, 2.05) is 30.3 Å². The van der Waals surface area contributed by atoms with Crippen molar-refractivity contribution in [2.45, 2.75) is 0 Å². The van der Waals surface area contributed by atoms with Crippen molar-refractivity contribution in [1.29, 1.82) is 0 Å². The summed E-state index contributed by atoms with van der Waals surface area (Å²) in [6, 6.07) is 11.5. The summed E-state index contributed by atoms with van der Waals surface area (Å²) in [4.78, 5) is 23.0. The second-order valence-corrected chi connectivity index (χ2v) is 6.16. The van der Waals surface area contributed by atoms with Crippen molar-refractivity contribution in [3.8, 4) is 32.7 Å². The molecule has 0 aliphatic carbocycles. The van der Waals surface area contributed by atoms with Crippen LogP contribution in [0.15, 0.2) is 67.8 Å². The predicted octanol–water partition coefficient (Wildman–Crippen LogP) is 4.37. The summed E-state index contributed by atoms with van der Waals surface area (Å²) in [5, 5.41) is 0.890. The Morgan fingerprint density at radius 3 is 2.48 bits per heavy atom. The van der Waals surface area contributed by atoms with Gasteiger partial charge in [0.25, 0.3) is 0 Å². The molecule has 120 valence electrons. The molecule has 4 heterocycles. The van der Waals surface area contributed by atoms with Gasteiger partial charge in [0.05, 0.1) is 16.3 Å². The van der Waals surface area contributed by atoms with Crippen LogP contribution in [0.2, 0.25) is 0 Å². The number of hydrogen-bond acceptors (Lipinski definition) is 6. The zero-order chi connectivity index (χ0) is 17.1. The summed E-state index contributed by atoms with van der Waals surface area (Å²) < 4.78 is 0. The Morgan fingerprint density at radius 1 is 0.880 bits per heavy atom. The quantitative estimate of drug-likeness (QED) is 0.550. The van der Waals surface area contributed by atoms with E-state index < -0.39 is 0 Å². The van der Waals surface area contributed by atoms with Gasteiger partial charge in [-0.15, -0.1) is 11.3 Å². The highest BCUT2D eigenvalue weighted by Gasteiger charge is 2.14. The Morgan fingerprint density at radius 2 is 1.72 bits per heavy atom. The van der Waals surface area contributed by atoms with Gasteiger partial charge in [-0.3, -0.25) is 4.98 Å². The highest BCUT2D eigenvalue weighted by Crippen LogP contribution is 2.35. The van der Waals surface area contributed by atoms with Gasteiger partial charge in [0, 0.05) is 30.4 Å². The van der Waals surface area contributed by atoms with Crippen molar-refractivity contribution in [2.24, 2.45) is 0 Å². The van der Waals surface area contributed by atoms with Crippen molar-refractivity contribution in [3.63, 3.8) is 0 Å². The second-order valence-electron chi connectivity index (χ2n) is 5.16. The number of pyridine rings is 2. The SMILES string of the molecule is C=Cc1nc(-c2cccnc2)sc1-c1cccc(-c2ncccn2)n1. The fourth-order valence-electron chi connectivity index (χ4n) is 2.38. The fraction of sp³-hybridized carbons (Fsp3) is 0. The molecule has 6 heteroatoms. The first-order valence-corrected chi connectivity index (χ1v) is 8.45. The van der Waals surface area contributed by atoms with Crippen LogP contribution in [-0.2, 0) is 0 Å². The second kappa shape index (κ2) is 6.70. The van der Waals surface area contributed by atoms with E-state index in [9.17, 15) is 0 Å². The van der Waals surface area contributed by atoms with Crippen molar-refractivity contribution >= 4 is 17.4 Å². The first kappa shape index (κ1) is 15.3. The number of hydrogen-bond donors (Lipinski definition) is 0. The molecule has 4 rings (SSSR count). The minimum absolute atomic E-state index is 0.599. The van der Waals surface area contributed by atoms with Gasteiger partial charge in [0.1, 0.15) is 10.7 Å². The maximum absolute atomic E-state index is 4.71. The molecule has 0 atom stereocenters. The van der Waals surface area contributed by atoms with E-state index >= 15 is 0 Å².